The average Bonchev–Trinajstić information content (AvgIpc) is 2.81. The molecule has 3 heterocycles. The smallest absolute Gasteiger partial charge is 0.383 e. The Morgan fingerprint density at radius 1 is 1.67 bits per heavy atom. The SMILES string of the molecule is [C-]#[N+][C@]1(C)[C@@H]2OP(=O)(OCC)OC[C@H]2O[C@H]1n1ccc(N)nc1=O. The monoisotopic (exact) mass is 356 g/mol. The van der Waals surface area contributed by atoms with Crippen molar-refractivity contribution in [3.8, 4) is 0 Å². The van der Waals surface area contributed by atoms with E-state index in [9.17, 15) is 9.36 Å². The number of ether oxygens (including phenoxy) is 1. The number of nitrogens with two attached hydrogens (primary N) is 1. The average molecular weight is 356 g/mol. The molecule has 2 aliphatic rings. The summed E-state index contributed by atoms with van der Waals surface area (Å²) in [5.74, 6) is 0.0663. The van der Waals surface area contributed by atoms with Crippen LogP contribution < -0.4 is 11.4 Å². The van der Waals surface area contributed by atoms with E-state index in [0.29, 0.717) is 0 Å². The van der Waals surface area contributed by atoms with Crippen LogP contribution in [0, 0.1) is 6.57 Å². The summed E-state index contributed by atoms with van der Waals surface area (Å²) in [7, 11) is -3.76. The quantitative estimate of drug-likeness (QED) is 0.628. The van der Waals surface area contributed by atoms with E-state index < -0.39 is 37.5 Å². The highest BCUT2D eigenvalue weighted by Crippen LogP contribution is 2.59. The third kappa shape index (κ3) is 2.64. The zero-order chi connectivity index (χ0) is 17.5. The van der Waals surface area contributed by atoms with Gasteiger partial charge in [0.1, 0.15) is 11.9 Å². The second-order valence-electron chi connectivity index (χ2n) is 5.59. The Bertz CT molecular complexity index is 791. The zero-order valence-corrected chi connectivity index (χ0v) is 14.0. The Morgan fingerprint density at radius 3 is 3.04 bits per heavy atom. The number of rotatable bonds is 3. The molecule has 2 saturated heterocycles. The summed E-state index contributed by atoms with van der Waals surface area (Å²) in [6, 6.07) is 1.43. The van der Waals surface area contributed by atoms with Crippen LogP contribution in [0.3, 0.4) is 0 Å². The van der Waals surface area contributed by atoms with Crippen molar-refractivity contribution in [2.24, 2.45) is 0 Å². The third-order valence-electron chi connectivity index (χ3n) is 3.99. The summed E-state index contributed by atoms with van der Waals surface area (Å²) in [5.41, 5.74) is 3.52. The normalized spacial score (nSPS) is 38.5. The van der Waals surface area contributed by atoms with Crippen LogP contribution in [-0.4, -0.2) is 40.5 Å². The van der Waals surface area contributed by atoms with Crippen molar-refractivity contribution in [2.75, 3.05) is 18.9 Å². The van der Waals surface area contributed by atoms with Gasteiger partial charge in [-0.25, -0.2) is 15.9 Å². The first-order valence-electron chi connectivity index (χ1n) is 7.29. The molecule has 2 fully saturated rings. The maximum atomic E-state index is 12.4. The van der Waals surface area contributed by atoms with E-state index in [1.807, 2.05) is 0 Å². The van der Waals surface area contributed by atoms with Gasteiger partial charge in [0.2, 0.25) is 6.23 Å². The number of nitrogen functional groups attached to an aromatic ring is 1. The lowest BCUT2D eigenvalue weighted by atomic mass is 9.93. The van der Waals surface area contributed by atoms with Crippen LogP contribution in [0.4, 0.5) is 5.82 Å². The molecule has 11 heteroatoms. The van der Waals surface area contributed by atoms with E-state index in [1.165, 1.54) is 16.8 Å². The molecule has 0 aliphatic carbocycles. The molecule has 0 bridgehead atoms. The largest absolute Gasteiger partial charge is 0.475 e. The van der Waals surface area contributed by atoms with Crippen molar-refractivity contribution in [2.45, 2.75) is 37.8 Å². The van der Waals surface area contributed by atoms with E-state index in [-0.39, 0.29) is 19.0 Å². The van der Waals surface area contributed by atoms with Crippen LogP contribution in [0.5, 0.6) is 0 Å². The maximum absolute atomic E-state index is 12.4. The maximum Gasteiger partial charge on any atom is 0.475 e. The van der Waals surface area contributed by atoms with Gasteiger partial charge in [0, 0.05) is 13.1 Å². The lowest BCUT2D eigenvalue weighted by Gasteiger charge is -2.31. The Balaban J connectivity index is 1.99. The summed E-state index contributed by atoms with van der Waals surface area (Å²) in [6.45, 7) is 10.9. The summed E-state index contributed by atoms with van der Waals surface area (Å²) >= 11 is 0. The van der Waals surface area contributed by atoms with Gasteiger partial charge < -0.3 is 15.3 Å². The molecule has 0 amide bonds. The zero-order valence-electron chi connectivity index (χ0n) is 13.1. The Hall–Kier alpha value is -1.76. The summed E-state index contributed by atoms with van der Waals surface area (Å²) in [5, 5.41) is 0. The first-order chi connectivity index (χ1) is 11.3. The van der Waals surface area contributed by atoms with Crippen LogP contribution in [0.25, 0.3) is 4.85 Å². The molecule has 2 aliphatic heterocycles. The van der Waals surface area contributed by atoms with Crippen LogP contribution >= 0.6 is 7.82 Å². The highest BCUT2D eigenvalue weighted by Gasteiger charge is 2.66. The van der Waals surface area contributed by atoms with Gasteiger partial charge in [-0.3, -0.25) is 18.1 Å². The minimum Gasteiger partial charge on any atom is -0.383 e. The molecule has 2 N–H and O–H groups in total. The molecule has 1 aromatic rings. The molecule has 130 valence electrons. The van der Waals surface area contributed by atoms with Gasteiger partial charge in [0.15, 0.2) is 6.10 Å². The summed E-state index contributed by atoms with van der Waals surface area (Å²) in [6.07, 6.45) is -1.13. The minimum absolute atomic E-state index is 0.0663. The first kappa shape index (κ1) is 17.1. The van der Waals surface area contributed by atoms with Crippen molar-refractivity contribution in [3.05, 3.63) is 34.2 Å². The van der Waals surface area contributed by atoms with Gasteiger partial charge in [0.05, 0.1) is 13.2 Å². The van der Waals surface area contributed by atoms with Crippen LogP contribution in [0.15, 0.2) is 17.1 Å². The number of phosphoric acid groups is 1. The van der Waals surface area contributed by atoms with Crippen molar-refractivity contribution < 1.29 is 22.9 Å². The topological polar surface area (TPSA) is 119 Å². The van der Waals surface area contributed by atoms with Crippen molar-refractivity contribution in [1.82, 2.24) is 9.55 Å². The highest BCUT2D eigenvalue weighted by atomic mass is 31.2. The number of fused-ring (bicyclic) bond motifs is 1. The Labute approximate surface area is 137 Å². The van der Waals surface area contributed by atoms with Gasteiger partial charge >= 0.3 is 19.1 Å². The molecular weight excluding hydrogens is 339 g/mol. The van der Waals surface area contributed by atoms with Crippen molar-refractivity contribution >= 4 is 13.6 Å². The number of hydrogen-bond donors (Lipinski definition) is 1. The molecule has 10 nitrogen and oxygen atoms in total. The summed E-state index contributed by atoms with van der Waals surface area (Å²) < 4.78 is 35.0. The molecule has 3 rings (SSSR count). The van der Waals surface area contributed by atoms with E-state index in [1.54, 1.807) is 13.8 Å². The molecule has 0 radical (unpaired) electrons. The van der Waals surface area contributed by atoms with Gasteiger partial charge in [-0.15, -0.1) is 0 Å². The minimum atomic E-state index is -3.76. The van der Waals surface area contributed by atoms with E-state index in [2.05, 4.69) is 9.83 Å². The van der Waals surface area contributed by atoms with E-state index in [0.717, 1.165) is 0 Å². The lowest BCUT2D eigenvalue weighted by Crippen LogP contribution is -2.46. The van der Waals surface area contributed by atoms with Gasteiger partial charge in [-0.1, -0.05) is 0 Å². The van der Waals surface area contributed by atoms with Crippen molar-refractivity contribution in [1.29, 1.82) is 0 Å². The fraction of sp³-hybridized carbons (Fsp3) is 0.615. The van der Waals surface area contributed by atoms with E-state index in [4.69, 9.17) is 30.6 Å². The molecule has 1 aromatic heterocycles. The van der Waals surface area contributed by atoms with E-state index >= 15 is 0 Å². The van der Waals surface area contributed by atoms with Gasteiger partial charge in [-0.2, -0.15) is 4.98 Å². The van der Waals surface area contributed by atoms with Gasteiger partial charge in [-0.05, 0) is 13.0 Å². The summed E-state index contributed by atoms with van der Waals surface area (Å²) in [4.78, 5) is 19.3. The predicted molar refractivity (Wildman–Crippen MR) is 81.9 cm³/mol. The highest BCUT2D eigenvalue weighted by molar-refractivity contribution is 7.48. The predicted octanol–water partition coefficient (Wildman–Crippen LogP) is 0.961. The number of nitrogens with zero attached hydrogens (tertiary/aromatic N) is 3. The second-order valence-corrected chi connectivity index (χ2v) is 7.22. The fourth-order valence-corrected chi connectivity index (χ4v) is 4.29. The number of anilines is 1. The fourth-order valence-electron chi connectivity index (χ4n) is 2.82. The molecule has 0 spiro atoms. The molecular formula is C13H17N4O6P. The molecule has 5 atom stereocenters. The molecule has 1 unspecified atom stereocenters. The number of aromatic nitrogens is 2. The molecule has 0 saturated carbocycles. The molecule has 0 aromatic carbocycles. The standard InChI is InChI=1S/C13H17N4O6P/c1-4-20-24(19)21-7-8-10(23-24)13(2,15-3)11(22-8)17-6-5-9(14)16-12(17)18/h5-6,8,10-11H,4,7H2,1-2H3,(H2,14,16,18)/t8-,10-,11-,13-,24?/m1/s1. The molecule has 24 heavy (non-hydrogen) atoms. The number of phosphoric ester groups is 1. The first-order valence-corrected chi connectivity index (χ1v) is 8.75. The van der Waals surface area contributed by atoms with Crippen molar-refractivity contribution in [3.63, 3.8) is 0 Å². The van der Waals surface area contributed by atoms with Crippen LogP contribution in [-0.2, 0) is 22.9 Å². The number of hydrogen-bond acceptors (Lipinski definition) is 8. The van der Waals surface area contributed by atoms with Crippen LogP contribution in [0.1, 0.15) is 20.1 Å². The van der Waals surface area contributed by atoms with Gasteiger partial charge in [0.25, 0.3) is 0 Å². The second kappa shape index (κ2) is 5.95. The lowest BCUT2D eigenvalue weighted by molar-refractivity contribution is -0.0718. The van der Waals surface area contributed by atoms with Crippen LogP contribution in [0.2, 0.25) is 0 Å². The Kier molecular flexibility index (Phi) is 4.23. The third-order valence-corrected chi connectivity index (χ3v) is 5.51. The Morgan fingerprint density at radius 2 is 2.42 bits per heavy atom.